The number of hydrogen-bond acceptors (Lipinski definition) is 7. The van der Waals surface area contributed by atoms with Crippen LogP contribution in [-0.4, -0.2) is 67.3 Å². The Morgan fingerprint density at radius 2 is 2.00 bits per heavy atom. The number of piperazine rings is 1. The van der Waals surface area contributed by atoms with Gasteiger partial charge >= 0.3 is 6.09 Å². The van der Waals surface area contributed by atoms with Gasteiger partial charge in [0.2, 0.25) is 11.2 Å². The van der Waals surface area contributed by atoms with Crippen LogP contribution in [-0.2, 0) is 9.53 Å². The van der Waals surface area contributed by atoms with Gasteiger partial charge in [-0.3, -0.25) is 9.69 Å². The Labute approximate surface area is 183 Å². The molecule has 0 radical (unpaired) electrons. The van der Waals surface area contributed by atoms with E-state index in [1.807, 2.05) is 4.90 Å². The quantitative estimate of drug-likeness (QED) is 0.700. The molecular weight excluding hydrogens is 427 g/mol. The molecular formula is C20H22ClFN6O3. The molecule has 9 nitrogen and oxygen atoms in total. The van der Waals surface area contributed by atoms with E-state index in [1.165, 1.54) is 17.9 Å². The molecule has 2 saturated heterocycles. The van der Waals surface area contributed by atoms with Gasteiger partial charge in [0.1, 0.15) is 17.7 Å². The zero-order chi connectivity index (χ0) is 22.0. The molecule has 0 spiro atoms. The van der Waals surface area contributed by atoms with E-state index < -0.39 is 18.0 Å². The van der Waals surface area contributed by atoms with Gasteiger partial charge in [0.15, 0.2) is 0 Å². The van der Waals surface area contributed by atoms with Gasteiger partial charge < -0.3 is 19.9 Å². The summed E-state index contributed by atoms with van der Waals surface area (Å²) in [6, 6.07) is 6.52. The largest absolute Gasteiger partial charge is 0.442 e. The van der Waals surface area contributed by atoms with Gasteiger partial charge in [-0.2, -0.15) is 0 Å². The first kappa shape index (κ1) is 21.1. The van der Waals surface area contributed by atoms with Crippen molar-refractivity contribution < 1.29 is 18.7 Å². The SMILES string of the molecule is CC(=O)NC[C@H]1CN(c2ccc(N3CCN(c4ccnc(Cl)n4)CC3)c(F)c2)C(=O)O1. The lowest BCUT2D eigenvalue weighted by Crippen LogP contribution is -2.47. The molecule has 4 rings (SSSR count). The summed E-state index contributed by atoms with van der Waals surface area (Å²) in [6.07, 6.45) is 0.585. The van der Waals surface area contributed by atoms with Crippen LogP contribution in [0.4, 0.5) is 26.4 Å². The van der Waals surface area contributed by atoms with Crippen molar-refractivity contribution >= 4 is 40.8 Å². The standard InChI is InChI=1S/C20H22ClFN6O3/c1-13(29)24-11-15-12-28(20(30)31-15)14-2-3-17(16(22)10-14)26-6-8-27(9-7-26)18-4-5-23-19(21)25-18/h2-5,10,15H,6-9,11-12H2,1H3,(H,24,29)/t15-/m0/s1. The number of ether oxygens (including phenoxy) is 1. The van der Waals surface area contributed by atoms with Crippen molar-refractivity contribution in [2.45, 2.75) is 13.0 Å². The Morgan fingerprint density at radius 1 is 1.26 bits per heavy atom. The second kappa shape index (κ2) is 8.93. The number of aromatic nitrogens is 2. The topological polar surface area (TPSA) is 90.9 Å². The van der Waals surface area contributed by atoms with Gasteiger partial charge in [0.25, 0.3) is 0 Å². The van der Waals surface area contributed by atoms with Crippen LogP contribution in [0.15, 0.2) is 30.5 Å². The predicted molar refractivity (Wildman–Crippen MR) is 114 cm³/mol. The zero-order valence-electron chi connectivity index (χ0n) is 16.9. The van der Waals surface area contributed by atoms with E-state index in [2.05, 4.69) is 20.2 Å². The number of nitrogens with one attached hydrogen (secondary N) is 1. The number of carbonyl (C=O) groups excluding carboxylic acids is 2. The Hall–Kier alpha value is -3.14. The summed E-state index contributed by atoms with van der Waals surface area (Å²) in [5.41, 5.74) is 0.900. The van der Waals surface area contributed by atoms with Gasteiger partial charge in [0, 0.05) is 39.3 Å². The van der Waals surface area contributed by atoms with Crippen molar-refractivity contribution in [3.8, 4) is 0 Å². The monoisotopic (exact) mass is 448 g/mol. The molecule has 2 aliphatic rings. The minimum Gasteiger partial charge on any atom is -0.442 e. The van der Waals surface area contributed by atoms with Crippen molar-refractivity contribution in [1.82, 2.24) is 15.3 Å². The number of amides is 2. The average Bonchev–Trinajstić information content (AvgIpc) is 3.13. The molecule has 0 unspecified atom stereocenters. The third-order valence-electron chi connectivity index (χ3n) is 5.25. The van der Waals surface area contributed by atoms with Crippen LogP contribution < -0.4 is 20.0 Å². The maximum Gasteiger partial charge on any atom is 0.414 e. The van der Waals surface area contributed by atoms with Crippen LogP contribution in [0.1, 0.15) is 6.92 Å². The van der Waals surface area contributed by atoms with E-state index >= 15 is 0 Å². The predicted octanol–water partition coefficient (Wildman–Crippen LogP) is 2.06. The number of nitrogens with zero attached hydrogens (tertiary/aromatic N) is 5. The number of carbonyl (C=O) groups is 2. The maximum absolute atomic E-state index is 14.9. The highest BCUT2D eigenvalue weighted by atomic mass is 35.5. The van der Waals surface area contributed by atoms with Crippen molar-refractivity contribution in [3.63, 3.8) is 0 Å². The first-order valence-corrected chi connectivity index (χ1v) is 10.3. The molecule has 3 heterocycles. The normalized spacial score (nSPS) is 18.9. The minimum absolute atomic E-state index is 0.196. The van der Waals surface area contributed by atoms with Crippen molar-refractivity contribution in [3.05, 3.63) is 41.6 Å². The third-order valence-corrected chi connectivity index (χ3v) is 5.43. The number of hydrogen-bond donors (Lipinski definition) is 1. The van der Waals surface area contributed by atoms with Crippen LogP contribution in [0.2, 0.25) is 5.28 Å². The summed E-state index contributed by atoms with van der Waals surface area (Å²) in [5.74, 6) is 0.138. The van der Waals surface area contributed by atoms with Crippen molar-refractivity contribution in [1.29, 1.82) is 0 Å². The molecule has 2 aliphatic heterocycles. The van der Waals surface area contributed by atoms with Crippen LogP contribution in [0.3, 0.4) is 0 Å². The Balaban J connectivity index is 1.39. The summed E-state index contributed by atoms with van der Waals surface area (Å²) in [6.45, 7) is 4.42. The van der Waals surface area contributed by atoms with Gasteiger partial charge in [-0.25, -0.2) is 19.2 Å². The highest BCUT2D eigenvalue weighted by Gasteiger charge is 2.33. The third kappa shape index (κ3) is 4.79. The second-order valence-electron chi connectivity index (χ2n) is 7.35. The van der Waals surface area contributed by atoms with E-state index in [-0.39, 0.29) is 24.3 Å². The molecule has 0 bridgehead atoms. The molecule has 2 fully saturated rings. The van der Waals surface area contributed by atoms with Gasteiger partial charge in [-0.1, -0.05) is 0 Å². The fraction of sp³-hybridized carbons (Fsp3) is 0.400. The average molecular weight is 449 g/mol. The Kier molecular flexibility index (Phi) is 6.08. The highest BCUT2D eigenvalue weighted by Crippen LogP contribution is 2.29. The van der Waals surface area contributed by atoms with Gasteiger partial charge in [0.05, 0.1) is 24.5 Å². The second-order valence-corrected chi connectivity index (χ2v) is 7.69. The van der Waals surface area contributed by atoms with Crippen LogP contribution in [0, 0.1) is 5.82 Å². The molecule has 1 N–H and O–H groups in total. The first-order valence-electron chi connectivity index (χ1n) is 9.91. The van der Waals surface area contributed by atoms with Crippen LogP contribution in [0.25, 0.3) is 0 Å². The molecule has 164 valence electrons. The summed E-state index contributed by atoms with van der Waals surface area (Å²) in [5, 5.41) is 2.81. The number of halogens is 2. The number of anilines is 3. The molecule has 1 aromatic carbocycles. The fourth-order valence-corrected chi connectivity index (χ4v) is 3.84. The maximum atomic E-state index is 14.9. The molecule has 1 atom stereocenters. The molecule has 0 aliphatic carbocycles. The zero-order valence-corrected chi connectivity index (χ0v) is 17.7. The minimum atomic E-state index is -0.556. The molecule has 0 saturated carbocycles. The number of benzene rings is 1. The Morgan fingerprint density at radius 3 is 2.68 bits per heavy atom. The van der Waals surface area contributed by atoms with Gasteiger partial charge in [-0.05, 0) is 35.9 Å². The van der Waals surface area contributed by atoms with E-state index in [4.69, 9.17) is 16.3 Å². The lowest BCUT2D eigenvalue weighted by Gasteiger charge is -2.36. The highest BCUT2D eigenvalue weighted by molar-refractivity contribution is 6.28. The van der Waals surface area contributed by atoms with Crippen LogP contribution in [0.5, 0.6) is 0 Å². The van der Waals surface area contributed by atoms with Crippen molar-refractivity contribution in [2.75, 3.05) is 54.0 Å². The van der Waals surface area contributed by atoms with E-state index in [0.717, 1.165) is 5.82 Å². The first-order chi connectivity index (χ1) is 14.9. The smallest absolute Gasteiger partial charge is 0.414 e. The summed E-state index contributed by atoms with van der Waals surface area (Å²) in [4.78, 5) is 36.7. The van der Waals surface area contributed by atoms with E-state index in [0.29, 0.717) is 37.6 Å². The Bertz CT molecular complexity index is 985. The lowest BCUT2D eigenvalue weighted by atomic mass is 10.2. The lowest BCUT2D eigenvalue weighted by molar-refractivity contribution is -0.119. The number of rotatable bonds is 5. The van der Waals surface area contributed by atoms with Crippen molar-refractivity contribution in [2.24, 2.45) is 0 Å². The molecule has 2 aromatic rings. The summed E-state index contributed by atoms with van der Waals surface area (Å²) < 4.78 is 20.2. The van der Waals surface area contributed by atoms with Gasteiger partial charge in [-0.15, -0.1) is 0 Å². The molecule has 11 heteroatoms. The van der Waals surface area contributed by atoms with E-state index in [9.17, 15) is 14.0 Å². The molecule has 31 heavy (non-hydrogen) atoms. The van der Waals surface area contributed by atoms with E-state index in [1.54, 1.807) is 24.4 Å². The fourth-order valence-electron chi connectivity index (χ4n) is 3.70. The molecule has 1 aromatic heterocycles. The number of cyclic esters (lactones) is 1. The summed E-state index contributed by atoms with van der Waals surface area (Å²) in [7, 11) is 0. The van der Waals surface area contributed by atoms with Crippen LogP contribution >= 0.6 is 11.6 Å². The summed E-state index contributed by atoms with van der Waals surface area (Å²) >= 11 is 5.86. The molecule has 2 amide bonds.